The van der Waals surface area contributed by atoms with Crippen LogP contribution in [0, 0.1) is 17.1 Å². The van der Waals surface area contributed by atoms with Crippen LogP contribution in [0.5, 0.6) is 0 Å². The van der Waals surface area contributed by atoms with Gasteiger partial charge in [-0.15, -0.1) is 0 Å². The van der Waals surface area contributed by atoms with Crippen molar-refractivity contribution in [3.63, 3.8) is 0 Å². The smallest absolute Gasteiger partial charge is 0.229 e. The van der Waals surface area contributed by atoms with Gasteiger partial charge in [0, 0.05) is 0 Å². The van der Waals surface area contributed by atoms with Crippen molar-refractivity contribution in [2.45, 2.75) is 6.42 Å². The Morgan fingerprint density at radius 2 is 2.20 bits per heavy atom. The number of halogens is 1. The highest BCUT2D eigenvalue weighted by atomic mass is 32.2. The third kappa shape index (κ3) is 3.56. The number of nitrogens with zero attached hydrogens (tertiary/aromatic N) is 1. The fourth-order valence-corrected chi connectivity index (χ4v) is 1.61. The maximum absolute atomic E-state index is 13.3. The molecule has 0 aliphatic carbocycles. The highest BCUT2D eigenvalue weighted by Crippen LogP contribution is 2.16. The van der Waals surface area contributed by atoms with Crippen LogP contribution in [0.15, 0.2) is 18.2 Å². The van der Waals surface area contributed by atoms with Gasteiger partial charge < -0.3 is 0 Å². The highest BCUT2D eigenvalue weighted by Gasteiger charge is 2.07. The molecule has 0 aromatic heterocycles. The van der Waals surface area contributed by atoms with E-state index < -0.39 is 15.8 Å². The first-order valence-corrected chi connectivity index (χ1v) is 5.94. The Balaban J connectivity index is 2.99. The van der Waals surface area contributed by atoms with Crippen molar-refractivity contribution in [1.82, 2.24) is 0 Å². The first kappa shape index (κ1) is 11.5. The van der Waals surface area contributed by atoms with Gasteiger partial charge in [0.15, 0.2) is 0 Å². The van der Waals surface area contributed by atoms with E-state index in [4.69, 9.17) is 5.26 Å². The van der Waals surface area contributed by atoms with Crippen LogP contribution in [0.1, 0.15) is 5.56 Å². The van der Waals surface area contributed by atoms with E-state index in [9.17, 15) is 12.8 Å². The van der Waals surface area contributed by atoms with Gasteiger partial charge in [0.2, 0.25) is 10.0 Å². The van der Waals surface area contributed by atoms with Crippen LogP contribution in [0.25, 0.3) is 0 Å². The number of anilines is 1. The molecule has 0 amide bonds. The molecule has 0 aliphatic heterocycles. The number of rotatable bonds is 3. The van der Waals surface area contributed by atoms with Crippen molar-refractivity contribution in [1.29, 1.82) is 5.26 Å². The van der Waals surface area contributed by atoms with Crippen molar-refractivity contribution < 1.29 is 12.8 Å². The van der Waals surface area contributed by atoms with E-state index in [1.54, 1.807) is 0 Å². The van der Waals surface area contributed by atoms with Crippen LogP contribution in [-0.4, -0.2) is 14.7 Å². The summed E-state index contributed by atoms with van der Waals surface area (Å²) in [6, 6.07) is 5.80. The fraction of sp³-hybridized carbons (Fsp3) is 0.222. The summed E-state index contributed by atoms with van der Waals surface area (Å²) in [5.74, 6) is -0.687. The van der Waals surface area contributed by atoms with Crippen molar-refractivity contribution in [3.05, 3.63) is 29.6 Å². The average Bonchev–Trinajstić information content (AvgIpc) is 2.08. The Kier molecular flexibility index (Phi) is 3.27. The van der Waals surface area contributed by atoms with Gasteiger partial charge in [0.05, 0.1) is 24.4 Å². The lowest BCUT2D eigenvalue weighted by molar-refractivity contribution is 0.603. The number of hydrogen-bond donors (Lipinski definition) is 1. The summed E-state index contributed by atoms with van der Waals surface area (Å²) in [6.07, 6.45) is 1.03. The number of hydrogen-bond acceptors (Lipinski definition) is 3. The second-order valence-corrected chi connectivity index (χ2v) is 4.77. The Morgan fingerprint density at radius 3 is 2.67 bits per heavy atom. The molecular weight excluding hydrogens is 219 g/mol. The SMILES string of the molecule is CS(=O)(=O)Nc1ccc(CC#N)cc1F. The normalized spacial score (nSPS) is 10.7. The molecule has 15 heavy (non-hydrogen) atoms. The zero-order chi connectivity index (χ0) is 11.5. The van der Waals surface area contributed by atoms with Gasteiger partial charge in [-0.2, -0.15) is 5.26 Å². The quantitative estimate of drug-likeness (QED) is 0.846. The molecule has 0 saturated carbocycles. The minimum atomic E-state index is -3.48. The molecule has 1 N–H and O–H groups in total. The first-order valence-electron chi connectivity index (χ1n) is 4.05. The molecule has 0 heterocycles. The van der Waals surface area contributed by atoms with Crippen LogP contribution in [-0.2, 0) is 16.4 Å². The highest BCUT2D eigenvalue weighted by molar-refractivity contribution is 7.92. The van der Waals surface area contributed by atoms with E-state index in [0.717, 1.165) is 12.3 Å². The molecule has 1 aromatic carbocycles. The molecular formula is C9H9FN2O2S. The van der Waals surface area contributed by atoms with Crippen molar-refractivity contribution in [2.24, 2.45) is 0 Å². The molecule has 0 radical (unpaired) electrons. The molecule has 0 bridgehead atoms. The number of nitrogens with one attached hydrogen (secondary N) is 1. The number of sulfonamides is 1. The minimum absolute atomic E-state index is 0.0933. The van der Waals surface area contributed by atoms with Crippen LogP contribution < -0.4 is 4.72 Å². The van der Waals surface area contributed by atoms with Gasteiger partial charge in [-0.25, -0.2) is 12.8 Å². The average molecular weight is 228 g/mol. The third-order valence-corrected chi connectivity index (χ3v) is 2.20. The summed E-state index contributed by atoms with van der Waals surface area (Å²) in [5.41, 5.74) is 0.397. The van der Waals surface area contributed by atoms with Gasteiger partial charge in [-0.3, -0.25) is 4.72 Å². The molecule has 1 aromatic rings. The van der Waals surface area contributed by atoms with Crippen LogP contribution in [0.2, 0.25) is 0 Å². The van der Waals surface area contributed by atoms with E-state index in [2.05, 4.69) is 0 Å². The van der Waals surface area contributed by atoms with Crippen molar-refractivity contribution >= 4 is 15.7 Å². The van der Waals surface area contributed by atoms with Crippen LogP contribution in [0.4, 0.5) is 10.1 Å². The zero-order valence-corrected chi connectivity index (χ0v) is 8.81. The van der Waals surface area contributed by atoms with Gasteiger partial charge >= 0.3 is 0 Å². The Bertz CT molecular complexity index is 505. The largest absolute Gasteiger partial charge is 0.281 e. The van der Waals surface area contributed by atoms with Gasteiger partial charge in [0.1, 0.15) is 5.82 Å². The number of benzene rings is 1. The van der Waals surface area contributed by atoms with E-state index in [1.807, 2.05) is 10.8 Å². The predicted molar refractivity (Wildman–Crippen MR) is 54.2 cm³/mol. The molecule has 0 saturated heterocycles. The summed E-state index contributed by atoms with van der Waals surface area (Å²) < 4.78 is 37.0. The number of nitriles is 1. The fourth-order valence-electron chi connectivity index (χ4n) is 1.04. The zero-order valence-electron chi connectivity index (χ0n) is 7.99. The van der Waals surface area contributed by atoms with Gasteiger partial charge in [-0.1, -0.05) is 6.07 Å². The standard InChI is InChI=1S/C9H9FN2O2S/c1-15(13,14)12-9-3-2-7(4-5-11)6-8(9)10/h2-3,6,12H,4H2,1H3. The summed E-state index contributed by atoms with van der Waals surface area (Å²) in [7, 11) is -3.48. The Morgan fingerprint density at radius 1 is 1.53 bits per heavy atom. The Hall–Kier alpha value is -1.61. The van der Waals surface area contributed by atoms with Crippen LogP contribution in [0.3, 0.4) is 0 Å². The molecule has 0 atom stereocenters. The summed E-state index contributed by atoms with van der Waals surface area (Å²) in [5, 5.41) is 8.38. The molecule has 0 unspecified atom stereocenters. The topological polar surface area (TPSA) is 70.0 Å². The van der Waals surface area contributed by atoms with Crippen molar-refractivity contribution in [2.75, 3.05) is 11.0 Å². The Labute approximate surface area is 87.4 Å². The molecule has 0 fully saturated rings. The van der Waals surface area contributed by atoms with Gasteiger partial charge in [0.25, 0.3) is 0 Å². The summed E-state index contributed by atoms with van der Waals surface area (Å²) in [6.45, 7) is 0. The van der Waals surface area contributed by atoms with E-state index >= 15 is 0 Å². The maximum atomic E-state index is 13.3. The first-order chi connectivity index (χ1) is 6.92. The third-order valence-electron chi connectivity index (χ3n) is 1.61. The molecule has 1 rings (SSSR count). The second kappa shape index (κ2) is 4.28. The second-order valence-electron chi connectivity index (χ2n) is 3.02. The monoisotopic (exact) mass is 228 g/mol. The van der Waals surface area contributed by atoms with Gasteiger partial charge in [-0.05, 0) is 17.7 Å². The lowest BCUT2D eigenvalue weighted by Crippen LogP contribution is -2.10. The molecule has 4 nitrogen and oxygen atoms in total. The van der Waals surface area contributed by atoms with Crippen molar-refractivity contribution in [3.8, 4) is 6.07 Å². The van der Waals surface area contributed by atoms with E-state index in [0.29, 0.717) is 5.56 Å². The summed E-state index contributed by atoms with van der Waals surface area (Å²) >= 11 is 0. The molecule has 6 heteroatoms. The predicted octanol–water partition coefficient (Wildman–Crippen LogP) is 1.26. The lowest BCUT2D eigenvalue weighted by atomic mass is 10.1. The van der Waals surface area contributed by atoms with E-state index in [-0.39, 0.29) is 12.1 Å². The van der Waals surface area contributed by atoms with E-state index in [1.165, 1.54) is 12.1 Å². The minimum Gasteiger partial charge on any atom is -0.281 e. The maximum Gasteiger partial charge on any atom is 0.229 e. The molecule has 0 spiro atoms. The molecule has 80 valence electrons. The molecule has 0 aliphatic rings. The van der Waals surface area contributed by atoms with Crippen LogP contribution >= 0.6 is 0 Å². The summed E-state index contributed by atoms with van der Waals surface area (Å²) in [4.78, 5) is 0. The lowest BCUT2D eigenvalue weighted by Gasteiger charge is -2.05.